The fourth-order valence-corrected chi connectivity index (χ4v) is 2.45. The van der Waals surface area contributed by atoms with Crippen molar-refractivity contribution in [2.75, 3.05) is 0 Å². The summed E-state index contributed by atoms with van der Waals surface area (Å²) in [4.78, 5) is 0. The molecule has 3 rings (SSSR count). The first-order valence-corrected chi connectivity index (χ1v) is 5.48. The van der Waals surface area contributed by atoms with Crippen LogP contribution in [0.15, 0.2) is 48.5 Å². The highest BCUT2D eigenvalue weighted by Crippen LogP contribution is 2.41. The van der Waals surface area contributed by atoms with E-state index in [1.165, 1.54) is 11.1 Å². The zero-order valence-corrected chi connectivity index (χ0v) is 8.93. The van der Waals surface area contributed by atoms with Gasteiger partial charge in [-0.15, -0.1) is 0 Å². The molecule has 0 radical (unpaired) electrons. The summed E-state index contributed by atoms with van der Waals surface area (Å²) in [6, 6.07) is 16.2. The molecule has 80 valence electrons. The fraction of sp³-hybridized carbons (Fsp3) is 0.143. The Hall–Kier alpha value is -1.64. The van der Waals surface area contributed by atoms with Crippen LogP contribution in [0, 0.1) is 0 Å². The van der Waals surface area contributed by atoms with E-state index >= 15 is 0 Å². The molecule has 0 spiro atoms. The molecule has 2 aromatic rings. The number of hydrogen-bond donors (Lipinski definition) is 2. The average Bonchev–Trinajstić information content (AvgIpc) is 2.36. The van der Waals surface area contributed by atoms with Gasteiger partial charge in [-0.1, -0.05) is 48.5 Å². The Morgan fingerprint density at radius 3 is 1.44 bits per heavy atom. The van der Waals surface area contributed by atoms with Crippen molar-refractivity contribution in [2.24, 2.45) is 11.5 Å². The largest absolute Gasteiger partial charge is 0.322 e. The highest BCUT2D eigenvalue weighted by atomic mass is 14.8. The minimum atomic E-state index is -0.105. The van der Waals surface area contributed by atoms with Crippen LogP contribution in [0.25, 0.3) is 11.1 Å². The van der Waals surface area contributed by atoms with E-state index in [0.717, 1.165) is 11.1 Å². The fourth-order valence-electron chi connectivity index (χ4n) is 2.45. The number of nitrogens with two attached hydrogens (primary N) is 2. The number of rotatable bonds is 0. The molecule has 0 saturated heterocycles. The number of hydrogen-bond acceptors (Lipinski definition) is 2. The summed E-state index contributed by atoms with van der Waals surface area (Å²) < 4.78 is 0. The Morgan fingerprint density at radius 2 is 1.00 bits per heavy atom. The lowest BCUT2D eigenvalue weighted by Gasteiger charge is -2.30. The first kappa shape index (κ1) is 9.58. The lowest BCUT2D eigenvalue weighted by atomic mass is 9.80. The van der Waals surface area contributed by atoms with Crippen molar-refractivity contribution in [2.45, 2.75) is 12.1 Å². The second-order valence-electron chi connectivity index (χ2n) is 4.23. The smallest absolute Gasteiger partial charge is 0.0497 e. The Bertz CT molecular complexity index is 484. The Morgan fingerprint density at radius 1 is 0.625 bits per heavy atom. The van der Waals surface area contributed by atoms with E-state index in [1.807, 2.05) is 24.3 Å². The van der Waals surface area contributed by atoms with E-state index in [2.05, 4.69) is 24.3 Å². The zero-order chi connectivity index (χ0) is 11.1. The van der Waals surface area contributed by atoms with E-state index in [0.29, 0.717) is 0 Å². The molecule has 4 N–H and O–H groups in total. The van der Waals surface area contributed by atoms with E-state index in [9.17, 15) is 0 Å². The molecule has 0 aliphatic heterocycles. The molecule has 0 aromatic heterocycles. The Balaban J connectivity index is 2.33. The van der Waals surface area contributed by atoms with Gasteiger partial charge < -0.3 is 11.5 Å². The van der Waals surface area contributed by atoms with Crippen molar-refractivity contribution in [3.8, 4) is 11.1 Å². The molecule has 1 aliphatic rings. The molecule has 2 atom stereocenters. The predicted octanol–water partition coefficient (Wildman–Crippen LogP) is 2.37. The molecular formula is C14H14N2. The van der Waals surface area contributed by atoms with Gasteiger partial charge in [-0.05, 0) is 22.3 Å². The van der Waals surface area contributed by atoms with Gasteiger partial charge >= 0.3 is 0 Å². The second-order valence-corrected chi connectivity index (χ2v) is 4.23. The van der Waals surface area contributed by atoms with Gasteiger partial charge in [-0.2, -0.15) is 0 Å². The first-order chi connectivity index (χ1) is 7.79. The maximum absolute atomic E-state index is 6.18. The van der Waals surface area contributed by atoms with Crippen LogP contribution in [0.1, 0.15) is 23.2 Å². The zero-order valence-electron chi connectivity index (χ0n) is 8.93. The quantitative estimate of drug-likeness (QED) is 0.701. The van der Waals surface area contributed by atoms with Crippen molar-refractivity contribution >= 4 is 0 Å². The van der Waals surface area contributed by atoms with Gasteiger partial charge in [0.1, 0.15) is 0 Å². The minimum Gasteiger partial charge on any atom is -0.322 e. The van der Waals surface area contributed by atoms with Crippen LogP contribution in [0.2, 0.25) is 0 Å². The van der Waals surface area contributed by atoms with Gasteiger partial charge in [0.05, 0.1) is 0 Å². The third-order valence-electron chi connectivity index (χ3n) is 3.32. The molecule has 0 heterocycles. The van der Waals surface area contributed by atoms with Crippen molar-refractivity contribution in [1.29, 1.82) is 0 Å². The van der Waals surface area contributed by atoms with Crippen molar-refractivity contribution in [3.05, 3.63) is 59.7 Å². The summed E-state index contributed by atoms with van der Waals surface area (Å²) in [5.41, 5.74) is 17.1. The Kier molecular flexibility index (Phi) is 2.06. The number of benzene rings is 2. The number of fused-ring (bicyclic) bond motifs is 3. The molecule has 0 fully saturated rings. The summed E-state index contributed by atoms with van der Waals surface area (Å²) in [5, 5.41) is 0. The van der Waals surface area contributed by atoms with E-state index in [1.54, 1.807) is 0 Å². The average molecular weight is 210 g/mol. The van der Waals surface area contributed by atoms with Gasteiger partial charge in [-0.3, -0.25) is 0 Å². The van der Waals surface area contributed by atoms with E-state index < -0.39 is 0 Å². The van der Waals surface area contributed by atoms with Gasteiger partial charge in [0.25, 0.3) is 0 Å². The molecule has 2 heteroatoms. The van der Waals surface area contributed by atoms with Crippen molar-refractivity contribution < 1.29 is 0 Å². The summed E-state index contributed by atoms with van der Waals surface area (Å²) in [6.45, 7) is 0. The highest BCUT2D eigenvalue weighted by Gasteiger charge is 2.27. The summed E-state index contributed by atoms with van der Waals surface area (Å²) in [7, 11) is 0. The monoisotopic (exact) mass is 210 g/mol. The Labute approximate surface area is 94.9 Å². The van der Waals surface area contributed by atoms with Gasteiger partial charge in [0.15, 0.2) is 0 Å². The van der Waals surface area contributed by atoms with Crippen LogP contribution in [-0.4, -0.2) is 0 Å². The summed E-state index contributed by atoms with van der Waals surface area (Å²) in [6.07, 6.45) is 0. The molecule has 0 bridgehead atoms. The summed E-state index contributed by atoms with van der Waals surface area (Å²) >= 11 is 0. The third-order valence-corrected chi connectivity index (χ3v) is 3.32. The van der Waals surface area contributed by atoms with Crippen LogP contribution in [0.4, 0.5) is 0 Å². The van der Waals surface area contributed by atoms with Crippen molar-refractivity contribution in [1.82, 2.24) is 0 Å². The van der Waals surface area contributed by atoms with Crippen LogP contribution in [0.3, 0.4) is 0 Å². The maximum Gasteiger partial charge on any atom is 0.0497 e. The van der Waals surface area contributed by atoms with Gasteiger partial charge in [0, 0.05) is 12.1 Å². The highest BCUT2D eigenvalue weighted by molar-refractivity contribution is 5.74. The molecule has 0 unspecified atom stereocenters. The topological polar surface area (TPSA) is 52.0 Å². The predicted molar refractivity (Wildman–Crippen MR) is 65.7 cm³/mol. The van der Waals surface area contributed by atoms with Gasteiger partial charge in [0.2, 0.25) is 0 Å². The first-order valence-electron chi connectivity index (χ1n) is 5.48. The lowest BCUT2D eigenvalue weighted by Crippen LogP contribution is -2.30. The normalized spacial score (nSPS) is 22.4. The molecule has 2 aromatic carbocycles. The van der Waals surface area contributed by atoms with Crippen LogP contribution >= 0.6 is 0 Å². The molecule has 2 nitrogen and oxygen atoms in total. The SMILES string of the molecule is N[C@@H]1c2ccccc2-c2ccccc2[C@H]1N. The van der Waals surface area contributed by atoms with Gasteiger partial charge in [-0.25, -0.2) is 0 Å². The summed E-state index contributed by atoms with van der Waals surface area (Å²) in [5.74, 6) is 0. The molecule has 0 saturated carbocycles. The third kappa shape index (κ3) is 1.21. The maximum atomic E-state index is 6.18. The van der Waals surface area contributed by atoms with E-state index in [4.69, 9.17) is 11.5 Å². The second kappa shape index (κ2) is 3.44. The van der Waals surface area contributed by atoms with Crippen LogP contribution in [-0.2, 0) is 0 Å². The van der Waals surface area contributed by atoms with Crippen molar-refractivity contribution in [3.63, 3.8) is 0 Å². The standard InChI is InChI=1S/C14H14N2/c15-13-11-7-3-1-5-9(11)10-6-2-4-8-12(10)14(13)16/h1-8,13-14H,15-16H2/t13-,14-/m1/s1. The molecule has 1 aliphatic carbocycles. The molecule has 0 amide bonds. The van der Waals surface area contributed by atoms with Crippen LogP contribution < -0.4 is 11.5 Å². The lowest BCUT2D eigenvalue weighted by molar-refractivity contribution is 0.568. The minimum absolute atomic E-state index is 0.105. The van der Waals surface area contributed by atoms with Crippen LogP contribution in [0.5, 0.6) is 0 Å². The molecular weight excluding hydrogens is 196 g/mol. The molecule has 16 heavy (non-hydrogen) atoms. The van der Waals surface area contributed by atoms with E-state index in [-0.39, 0.29) is 12.1 Å².